The van der Waals surface area contributed by atoms with Crippen molar-refractivity contribution in [1.29, 1.82) is 0 Å². The maximum absolute atomic E-state index is 5.18. The van der Waals surface area contributed by atoms with Crippen molar-refractivity contribution in [2.75, 3.05) is 0 Å². The number of aromatic nitrogens is 5. The van der Waals surface area contributed by atoms with Crippen LogP contribution in [0, 0.1) is 0 Å². The van der Waals surface area contributed by atoms with Crippen molar-refractivity contribution < 1.29 is 0 Å². The van der Waals surface area contributed by atoms with Crippen molar-refractivity contribution in [2.45, 2.75) is 26.2 Å². The summed E-state index contributed by atoms with van der Waals surface area (Å²) in [5, 5.41) is 3.30. The molecule has 0 aliphatic heterocycles. The highest BCUT2D eigenvalue weighted by molar-refractivity contribution is 7.22. The van der Waals surface area contributed by atoms with Crippen LogP contribution < -0.4 is 0 Å². The number of para-hydroxylation sites is 2. The predicted octanol–water partition coefficient (Wildman–Crippen LogP) is 9.88. The Hall–Kier alpha value is -5.20. The highest BCUT2D eigenvalue weighted by Gasteiger charge is 2.20. The lowest BCUT2D eigenvalue weighted by Gasteiger charge is -2.19. The van der Waals surface area contributed by atoms with Gasteiger partial charge in [0.15, 0.2) is 11.6 Å². The van der Waals surface area contributed by atoms with Crippen LogP contribution in [0.2, 0.25) is 0 Å². The Morgan fingerprint density at radius 2 is 1.18 bits per heavy atom. The second kappa shape index (κ2) is 10.2. The Labute approximate surface area is 259 Å². The molecule has 3 aromatic heterocycles. The highest BCUT2D eigenvalue weighted by atomic mass is 32.1. The average Bonchev–Trinajstić information content (AvgIpc) is 3.64. The second-order valence-corrected chi connectivity index (χ2v) is 13.0. The molecule has 0 bridgehead atoms. The smallest absolute Gasteiger partial charge is 0.238 e. The number of nitrogens with zero attached hydrogens (tertiary/aromatic N) is 5. The lowest BCUT2D eigenvalue weighted by atomic mass is 9.87. The first-order valence-electron chi connectivity index (χ1n) is 14.7. The summed E-state index contributed by atoms with van der Waals surface area (Å²) in [4.78, 5) is 20.4. The molecular weight excluding hydrogens is 559 g/mol. The van der Waals surface area contributed by atoms with Gasteiger partial charge >= 0.3 is 0 Å². The summed E-state index contributed by atoms with van der Waals surface area (Å²) < 4.78 is 3.21. The minimum absolute atomic E-state index is 0.0508. The fourth-order valence-corrected chi connectivity index (χ4v) is 6.88. The van der Waals surface area contributed by atoms with Crippen molar-refractivity contribution in [3.63, 3.8) is 0 Å². The number of hydrogen-bond acceptors (Lipinski definition) is 5. The van der Waals surface area contributed by atoms with Crippen molar-refractivity contribution >= 4 is 43.4 Å². The molecule has 0 radical (unpaired) electrons. The molecule has 8 aromatic rings. The number of rotatable bonds is 4. The molecule has 0 fully saturated rings. The van der Waals surface area contributed by atoms with Gasteiger partial charge in [0.05, 0.1) is 21.3 Å². The van der Waals surface area contributed by atoms with Gasteiger partial charge in [-0.25, -0.2) is 9.97 Å². The summed E-state index contributed by atoms with van der Waals surface area (Å²) in [6.07, 6.45) is 0. The molecule has 5 nitrogen and oxygen atoms in total. The van der Waals surface area contributed by atoms with Crippen LogP contribution in [0.3, 0.4) is 0 Å². The first-order chi connectivity index (χ1) is 21.4. The van der Waals surface area contributed by atoms with Gasteiger partial charge in [0.2, 0.25) is 5.95 Å². The number of fused-ring (bicyclic) bond motifs is 4. The maximum Gasteiger partial charge on any atom is 0.238 e. The molecule has 44 heavy (non-hydrogen) atoms. The second-order valence-electron chi connectivity index (χ2n) is 12.0. The third-order valence-corrected chi connectivity index (χ3v) is 9.24. The third kappa shape index (κ3) is 4.46. The Morgan fingerprint density at radius 3 is 1.86 bits per heavy atom. The van der Waals surface area contributed by atoms with Gasteiger partial charge in [-0.15, -0.1) is 11.3 Å². The summed E-state index contributed by atoms with van der Waals surface area (Å²) in [7, 11) is 0. The molecule has 3 heterocycles. The molecule has 0 atom stereocenters. The molecule has 0 aliphatic rings. The van der Waals surface area contributed by atoms with Gasteiger partial charge in [-0.05, 0) is 35.2 Å². The van der Waals surface area contributed by atoms with Crippen LogP contribution >= 0.6 is 11.3 Å². The first kappa shape index (κ1) is 26.4. The quantitative estimate of drug-likeness (QED) is 0.206. The zero-order valence-electron chi connectivity index (χ0n) is 24.7. The molecule has 0 unspecified atom stereocenters. The molecule has 0 aliphatic carbocycles. The Morgan fingerprint density at radius 1 is 0.545 bits per heavy atom. The molecule has 0 saturated carbocycles. The molecule has 212 valence electrons. The van der Waals surface area contributed by atoms with E-state index in [9.17, 15) is 0 Å². The van der Waals surface area contributed by atoms with Gasteiger partial charge in [0.25, 0.3) is 0 Å². The van der Waals surface area contributed by atoms with Crippen molar-refractivity contribution in [3.8, 4) is 39.3 Å². The van der Waals surface area contributed by atoms with E-state index in [0.717, 1.165) is 42.9 Å². The Bertz CT molecular complexity index is 2260. The van der Waals surface area contributed by atoms with E-state index in [1.165, 1.54) is 16.3 Å². The molecule has 0 N–H and O–H groups in total. The zero-order valence-corrected chi connectivity index (χ0v) is 25.5. The van der Waals surface area contributed by atoms with Crippen LogP contribution in [0.25, 0.3) is 71.3 Å². The van der Waals surface area contributed by atoms with Crippen LogP contribution in [0.4, 0.5) is 0 Å². The molecule has 5 aromatic carbocycles. The van der Waals surface area contributed by atoms with Gasteiger partial charge in [-0.2, -0.15) is 9.97 Å². The van der Waals surface area contributed by atoms with Crippen LogP contribution in [-0.4, -0.2) is 24.5 Å². The van der Waals surface area contributed by atoms with Crippen molar-refractivity contribution in [1.82, 2.24) is 24.5 Å². The lowest BCUT2D eigenvalue weighted by Crippen LogP contribution is -2.10. The number of hydrogen-bond donors (Lipinski definition) is 0. The monoisotopic (exact) mass is 587 g/mol. The Balaban J connectivity index is 1.39. The van der Waals surface area contributed by atoms with E-state index < -0.39 is 0 Å². The highest BCUT2D eigenvalue weighted by Crippen LogP contribution is 2.37. The van der Waals surface area contributed by atoms with E-state index in [1.807, 2.05) is 24.3 Å². The fourth-order valence-electron chi connectivity index (χ4n) is 5.80. The molecule has 0 saturated heterocycles. The van der Waals surface area contributed by atoms with Crippen LogP contribution in [0.15, 0.2) is 121 Å². The molecule has 0 amide bonds. The lowest BCUT2D eigenvalue weighted by molar-refractivity contribution is 0.590. The van der Waals surface area contributed by atoms with Crippen molar-refractivity contribution in [2.24, 2.45) is 0 Å². The third-order valence-electron chi connectivity index (χ3n) is 8.09. The van der Waals surface area contributed by atoms with Crippen LogP contribution in [0.1, 0.15) is 26.3 Å². The van der Waals surface area contributed by atoms with Gasteiger partial charge < -0.3 is 0 Å². The Kier molecular flexibility index (Phi) is 6.13. The molecule has 6 heteroatoms. The summed E-state index contributed by atoms with van der Waals surface area (Å²) in [5.74, 6) is 1.85. The van der Waals surface area contributed by atoms with Crippen molar-refractivity contribution in [3.05, 3.63) is 127 Å². The predicted molar refractivity (Wildman–Crippen MR) is 182 cm³/mol. The summed E-state index contributed by atoms with van der Waals surface area (Å²) >= 11 is 1.67. The van der Waals surface area contributed by atoms with E-state index >= 15 is 0 Å². The average molecular weight is 588 g/mol. The number of thiazole rings is 1. The van der Waals surface area contributed by atoms with Gasteiger partial charge in [0, 0.05) is 27.5 Å². The van der Waals surface area contributed by atoms with Gasteiger partial charge in [-0.1, -0.05) is 118 Å². The van der Waals surface area contributed by atoms with Crippen LogP contribution in [0.5, 0.6) is 0 Å². The summed E-state index contributed by atoms with van der Waals surface area (Å²) in [6, 6.07) is 42.0. The summed E-state index contributed by atoms with van der Waals surface area (Å²) in [5.41, 5.74) is 7.35. The van der Waals surface area contributed by atoms with E-state index in [-0.39, 0.29) is 5.41 Å². The van der Waals surface area contributed by atoms with E-state index in [0.29, 0.717) is 17.6 Å². The topological polar surface area (TPSA) is 56.5 Å². The van der Waals surface area contributed by atoms with E-state index in [1.54, 1.807) is 11.3 Å². The van der Waals surface area contributed by atoms with Gasteiger partial charge in [-0.3, -0.25) is 4.57 Å². The SMILES string of the molecule is CC(C)(C)c1ccc(-c2nc(-c3cccc4nc(-c5ccccc5)sc34)nc(-n3c4ccccc4c4ccccc43)n2)cc1. The van der Waals surface area contributed by atoms with Crippen LogP contribution in [-0.2, 0) is 5.41 Å². The minimum Gasteiger partial charge on any atom is -0.278 e. The molecule has 8 rings (SSSR count). The minimum atomic E-state index is 0.0508. The summed E-state index contributed by atoms with van der Waals surface area (Å²) in [6.45, 7) is 6.68. The standard InChI is InChI=1S/C38H29N5S/c1-38(2,3)26-22-20-24(21-23-26)34-40-35(29-16-11-17-30-33(29)44-36(39-30)25-12-5-4-6-13-25)42-37(41-34)43-31-18-9-7-14-27(31)28-15-8-10-19-32(28)43/h4-23H,1-3H3. The van der Waals surface area contributed by atoms with Gasteiger partial charge in [0.1, 0.15) is 5.01 Å². The molecular formula is C38H29N5S. The van der Waals surface area contributed by atoms with E-state index in [4.69, 9.17) is 19.9 Å². The normalized spacial score (nSPS) is 12.0. The fraction of sp³-hybridized carbons (Fsp3) is 0.105. The zero-order chi connectivity index (χ0) is 29.8. The first-order valence-corrected chi connectivity index (χ1v) is 15.6. The number of benzene rings is 5. The largest absolute Gasteiger partial charge is 0.278 e. The molecule has 0 spiro atoms. The maximum atomic E-state index is 5.18. The van der Waals surface area contributed by atoms with E-state index in [2.05, 4.69) is 122 Å².